The first kappa shape index (κ1) is 21.8. The monoisotopic (exact) mass is 448 g/mol. The van der Waals surface area contributed by atoms with Crippen LogP contribution >= 0.6 is 15.9 Å². The number of ether oxygens (including phenoxy) is 1. The van der Waals surface area contributed by atoms with Crippen LogP contribution in [0.25, 0.3) is 11.3 Å². The van der Waals surface area contributed by atoms with Crippen LogP contribution in [0.2, 0.25) is 0 Å². The van der Waals surface area contributed by atoms with Gasteiger partial charge in [-0.05, 0) is 39.3 Å². The third-order valence-corrected chi connectivity index (χ3v) is 4.53. The molecule has 3 N–H and O–H groups in total. The van der Waals surface area contributed by atoms with E-state index in [1.807, 2.05) is 31.2 Å². The molecule has 150 valence electrons. The Labute approximate surface area is 172 Å². The summed E-state index contributed by atoms with van der Waals surface area (Å²) in [6.45, 7) is 7.11. The fourth-order valence-electron chi connectivity index (χ4n) is 2.67. The topological polar surface area (TPSA) is 108 Å². The number of nitrogens with zero attached hydrogens (tertiary/aromatic N) is 1. The number of amides is 1. The fourth-order valence-corrected chi connectivity index (χ4v) is 2.94. The van der Waals surface area contributed by atoms with Crippen molar-refractivity contribution < 1.29 is 14.3 Å². The Kier molecular flexibility index (Phi) is 6.77. The molecule has 28 heavy (non-hydrogen) atoms. The first-order valence-corrected chi connectivity index (χ1v) is 9.76. The molecule has 0 aliphatic heterocycles. The zero-order chi connectivity index (χ0) is 21.1. The number of aromatic nitrogens is 2. The number of hydrogen-bond donors (Lipinski definition) is 3. The highest BCUT2D eigenvalue weighted by molar-refractivity contribution is 9.10. The van der Waals surface area contributed by atoms with Crippen molar-refractivity contribution in [3.8, 4) is 11.3 Å². The molecule has 2 aromatic rings. The van der Waals surface area contributed by atoms with Gasteiger partial charge in [-0.1, -0.05) is 35.0 Å². The van der Waals surface area contributed by atoms with Crippen molar-refractivity contribution in [3.63, 3.8) is 0 Å². The van der Waals surface area contributed by atoms with E-state index in [9.17, 15) is 9.59 Å². The average molecular weight is 449 g/mol. The molecule has 0 radical (unpaired) electrons. The van der Waals surface area contributed by atoms with Crippen LogP contribution in [0.5, 0.6) is 0 Å². The molecule has 0 aliphatic rings. The minimum Gasteiger partial charge on any atom is -0.455 e. The lowest BCUT2D eigenvalue weighted by Gasteiger charge is -2.21. The first-order valence-electron chi connectivity index (χ1n) is 8.97. The third-order valence-electron chi connectivity index (χ3n) is 4.00. The predicted octanol–water partition coefficient (Wildman–Crippen LogP) is 4.05. The number of halogens is 1. The summed E-state index contributed by atoms with van der Waals surface area (Å²) in [5.74, 6) is -1.24. The van der Waals surface area contributed by atoms with Crippen LogP contribution in [0, 0.1) is 5.41 Å². The van der Waals surface area contributed by atoms with Crippen LogP contribution in [0.15, 0.2) is 28.7 Å². The second-order valence-corrected chi connectivity index (χ2v) is 8.22. The Hall–Kier alpha value is -2.48. The fraction of sp³-hybridized carbons (Fsp3) is 0.400. The third kappa shape index (κ3) is 5.07. The Morgan fingerprint density at radius 2 is 1.89 bits per heavy atom. The molecule has 1 aromatic carbocycles. The van der Waals surface area contributed by atoms with Gasteiger partial charge in [0.2, 0.25) is 0 Å². The van der Waals surface area contributed by atoms with Gasteiger partial charge in [0.25, 0.3) is 5.91 Å². The molecule has 0 saturated carbocycles. The highest BCUT2D eigenvalue weighted by atomic mass is 79.9. The number of imidazole rings is 1. The zero-order valence-corrected chi connectivity index (χ0v) is 18.2. The standard InChI is InChI=1S/C20H25BrN4O3/c1-6-13(14(22)19(27)28-20(2,3)4)17-24-15(16(25-17)18(26)23-5)11-7-9-12(21)10-8-11/h7-10,13,22H,6H2,1-5H3,(H,23,26)(H,24,25)/t13-/m0/s1. The van der Waals surface area contributed by atoms with E-state index in [2.05, 4.69) is 31.2 Å². The van der Waals surface area contributed by atoms with E-state index in [1.54, 1.807) is 20.8 Å². The number of nitrogens with one attached hydrogen (secondary N) is 3. The summed E-state index contributed by atoms with van der Waals surface area (Å²) >= 11 is 3.39. The summed E-state index contributed by atoms with van der Waals surface area (Å²) in [5, 5.41) is 10.9. The number of aromatic amines is 1. The quantitative estimate of drug-likeness (QED) is 0.457. The van der Waals surface area contributed by atoms with Gasteiger partial charge in [0.1, 0.15) is 28.5 Å². The average Bonchev–Trinajstić information content (AvgIpc) is 3.05. The predicted molar refractivity (Wildman–Crippen MR) is 112 cm³/mol. The molecule has 1 heterocycles. The van der Waals surface area contributed by atoms with E-state index in [-0.39, 0.29) is 17.3 Å². The summed E-state index contributed by atoms with van der Waals surface area (Å²) in [4.78, 5) is 32.3. The lowest BCUT2D eigenvalue weighted by atomic mass is 9.99. The number of carbonyl (C=O) groups excluding carboxylic acids is 2. The van der Waals surface area contributed by atoms with Gasteiger partial charge >= 0.3 is 5.97 Å². The van der Waals surface area contributed by atoms with Gasteiger partial charge < -0.3 is 15.0 Å². The van der Waals surface area contributed by atoms with Crippen molar-refractivity contribution in [2.24, 2.45) is 0 Å². The maximum Gasteiger partial charge on any atom is 0.353 e. The molecule has 1 atom stereocenters. The Bertz CT molecular complexity index is 882. The maximum absolute atomic E-state index is 12.4. The summed E-state index contributed by atoms with van der Waals surface area (Å²) in [7, 11) is 1.54. The number of carbonyl (C=O) groups is 2. The lowest BCUT2D eigenvalue weighted by molar-refractivity contribution is -0.146. The normalized spacial score (nSPS) is 12.4. The van der Waals surface area contributed by atoms with Crippen LogP contribution in [-0.4, -0.2) is 40.2 Å². The Morgan fingerprint density at radius 3 is 2.39 bits per heavy atom. The Balaban J connectivity index is 2.46. The van der Waals surface area contributed by atoms with E-state index in [4.69, 9.17) is 10.1 Å². The van der Waals surface area contributed by atoms with Crippen molar-refractivity contribution in [3.05, 3.63) is 40.3 Å². The number of benzene rings is 1. The number of esters is 1. The molecule has 0 saturated heterocycles. The molecule has 1 amide bonds. The van der Waals surface area contributed by atoms with Crippen molar-refractivity contribution in [2.75, 3.05) is 7.05 Å². The highest BCUT2D eigenvalue weighted by Gasteiger charge is 2.30. The van der Waals surface area contributed by atoms with Gasteiger partial charge in [0.15, 0.2) is 0 Å². The SMILES string of the molecule is CC[C@@H](C(=N)C(=O)OC(C)(C)C)c1nc(-c2ccc(Br)cc2)c(C(=O)NC)[nH]1. The summed E-state index contributed by atoms with van der Waals surface area (Å²) < 4.78 is 6.23. The van der Waals surface area contributed by atoms with Gasteiger partial charge in [-0.25, -0.2) is 9.78 Å². The Morgan fingerprint density at radius 1 is 1.29 bits per heavy atom. The summed E-state index contributed by atoms with van der Waals surface area (Å²) in [6, 6.07) is 7.40. The van der Waals surface area contributed by atoms with Gasteiger partial charge in [-0.2, -0.15) is 0 Å². The minimum atomic E-state index is -0.694. The molecular weight excluding hydrogens is 424 g/mol. The molecule has 7 nitrogen and oxygen atoms in total. The van der Waals surface area contributed by atoms with E-state index in [1.165, 1.54) is 7.05 Å². The minimum absolute atomic E-state index is 0.197. The molecule has 0 aliphatic carbocycles. The highest BCUT2D eigenvalue weighted by Crippen LogP contribution is 2.28. The molecule has 1 aromatic heterocycles. The van der Waals surface area contributed by atoms with Gasteiger partial charge in [0, 0.05) is 17.1 Å². The van der Waals surface area contributed by atoms with E-state index >= 15 is 0 Å². The van der Waals surface area contributed by atoms with Gasteiger partial charge in [-0.3, -0.25) is 10.2 Å². The van der Waals surface area contributed by atoms with Crippen molar-refractivity contribution in [1.82, 2.24) is 15.3 Å². The molecule has 2 rings (SSSR count). The van der Waals surface area contributed by atoms with Crippen LogP contribution in [-0.2, 0) is 9.53 Å². The molecule has 0 fully saturated rings. The van der Waals surface area contributed by atoms with E-state index in [0.717, 1.165) is 10.0 Å². The van der Waals surface area contributed by atoms with Crippen LogP contribution in [0.1, 0.15) is 56.3 Å². The molecule has 0 spiro atoms. The second kappa shape index (κ2) is 8.68. The first-order chi connectivity index (χ1) is 13.1. The largest absolute Gasteiger partial charge is 0.455 e. The molecular formula is C20H25BrN4O3. The lowest BCUT2D eigenvalue weighted by Crippen LogP contribution is -2.31. The number of H-pyrrole nitrogens is 1. The molecule has 0 unspecified atom stereocenters. The maximum atomic E-state index is 12.4. The van der Waals surface area contributed by atoms with Gasteiger partial charge in [0.05, 0.1) is 5.92 Å². The molecule has 8 heteroatoms. The van der Waals surface area contributed by atoms with Crippen molar-refractivity contribution >= 4 is 33.5 Å². The smallest absolute Gasteiger partial charge is 0.353 e. The van der Waals surface area contributed by atoms with Crippen LogP contribution < -0.4 is 5.32 Å². The van der Waals surface area contributed by atoms with Crippen molar-refractivity contribution in [1.29, 1.82) is 5.41 Å². The summed E-state index contributed by atoms with van der Waals surface area (Å²) in [5.41, 5.74) is 0.619. The molecule has 0 bridgehead atoms. The summed E-state index contributed by atoms with van der Waals surface area (Å²) in [6.07, 6.45) is 0.457. The van der Waals surface area contributed by atoms with Crippen molar-refractivity contribution in [2.45, 2.75) is 45.6 Å². The van der Waals surface area contributed by atoms with Crippen LogP contribution in [0.3, 0.4) is 0 Å². The number of rotatable bonds is 6. The van der Waals surface area contributed by atoms with E-state index < -0.39 is 17.5 Å². The van der Waals surface area contributed by atoms with Crippen LogP contribution in [0.4, 0.5) is 0 Å². The van der Waals surface area contributed by atoms with Gasteiger partial charge in [-0.15, -0.1) is 0 Å². The zero-order valence-electron chi connectivity index (χ0n) is 16.6. The van der Waals surface area contributed by atoms with E-state index in [0.29, 0.717) is 17.9 Å². The number of hydrogen-bond acceptors (Lipinski definition) is 5. The second-order valence-electron chi connectivity index (χ2n) is 7.31.